The predicted octanol–water partition coefficient (Wildman–Crippen LogP) is 3.30. The van der Waals surface area contributed by atoms with Gasteiger partial charge in [-0.15, -0.1) is 0 Å². The van der Waals surface area contributed by atoms with Gasteiger partial charge in [-0.2, -0.15) is 0 Å². The van der Waals surface area contributed by atoms with Gasteiger partial charge in [-0.25, -0.2) is 0 Å². The molecule has 0 saturated heterocycles. The maximum Gasteiger partial charge on any atom is 0.122 e. The molecule has 100 valence electrons. The van der Waals surface area contributed by atoms with E-state index in [1.54, 1.807) is 12.1 Å². The van der Waals surface area contributed by atoms with E-state index >= 15 is 0 Å². The Kier molecular flexibility index (Phi) is 4.07. The monoisotopic (exact) mass is 257 g/mol. The van der Waals surface area contributed by atoms with Crippen molar-refractivity contribution in [2.45, 2.75) is 26.5 Å². The highest BCUT2D eigenvalue weighted by molar-refractivity contribution is 5.37. The van der Waals surface area contributed by atoms with Crippen molar-refractivity contribution >= 4 is 0 Å². The van der Waals surface area contributed by atoms with E-state index in [2.05, 4.69) is 6.07 Å². The van der Waals surface area contributed by atoms with Gasteiger partial charge in [0, 0.05) is 6.04 Å². The summed E-state index contributed by atoms with van der Waals surface area (Å²) in [5, 5.41) is 9.22. The quantitative estimate of drug-likeness (QED) is 0.883. The zero-order valence-corrected chi connectivity index (χ0v) is 11.3. The number of phenols is 1. The molecule has 0 amide bonds. The van der Waals surface area contributed by atoms with Gasteiger partial charge >= 0.3 is 0 Å². The first-order valence-electron chi connectivity index (χ1n) is 6.33. The maximum absolute atomic E-state index is 9.22. The van der Waals surface area contributed by atoms with Crippen molar-refractivity contribution in [3.05, 3.63) is 59.2 Å². The summed E-state index contributed by atoms with van der Waals surface area (Å²) in [7, 11) is 0. The van der Waals surface area contributed by atoms with Gasteiger partial charge in [-0.05, 0) is 48.7 Å². The van der Waals surface area contributed by atoms with E-state index in [9.17, 15) is 5.11 Å². The summed E-state index contributed by atoms with van der Waals surface area (Å²) in [5.41, 5.74) is 9.05. The van der Waals surface area contributed by atoms with Crippen molar-refractivity contribution < 1.29 is 9.84 Å². The molecular weight excluding hydrogens is 238 g/mol. The van der Waals surface area contributed by atoms with Crippen molar-refractivity contribution in [3.63, 3.8) is 0 Å². The lowest BCUT2D eigenvalue weighted by molar-refractivity contribution is 0.304. The second kappa shape index (κ2) is 5.76. The number of aryl methyl sites for hydroxylation is 1. The molecule has 3 nitrogen and oxygen atoms in total. The average Bonchev–Trinajstić information content (AvgIpc) is 2.39. The second-order valence-corrected chi connectivity index (χ2v) is 4.77. The standard InChI is InChI=1S/C16H19NO2/c1-11-9-14(12(2)17)5-8-16(11)19-10-13-3-6-15(18)7-4-13/h3-9,12,18H,10,17H2,1-2H3. The third-order valence-corrected chi connectivity index (χ3v) is 3.06. The molecule has 0 aliphatic rings. The van der Waals surface area contributed by atoms with Crippen molar-refractivity contribution in [1.82, 2.24) is 0 Å². The number of benzene rings is 2. The van der Waals surface area contributed by atoms with Crippen molar-refractivity contribution in [1.29, 1.82) is 0 Å². The Morgan fingerprint density at radius 3 is 2.42 bits per heavy atom. The van der Waals surface area contributed by atoms with Gasteiger partial charge < -0.3 is 15.6 Å². The molecule has 0 fully saturated rings. The first-order chi connectivity index (χ1) is 9.06. The molecule has 1 unspecified atom stereocenters. The van der Waals surface area contributed by atoms with Gasteiger partial charge in [0.2, 0.25) is 0 Å². The lowest BCUT2D eigenvalue weighted by Crippen LogP contribution is -2.05. The zero-order chi connectivity index (χ0) is 13.8. The molecule has 3 N–H and O–H groups in total. The molecule has 0 aliphatic carbocycles. The van der Waals surface area contributed by atoms with Crippen LogP contribution in [-0.4, -0.2) is 5.11 Å². The fraction of sp³-hybridized carbons (Fsp3) is 0.250. The van der Waals surface area contributed by atoms with Crippen LogP contribution in [0.2, 0.25) is 0 Å². The maximum atomic E-state index is 9.22. The Labute approximate surface area is 113 Å². The van der Waals surface area contributed by atoms with Crippen LogP contribution in [0.15, 0.2) is 42.5 Å². The van der Waals surface area contributed by atoms with E-state index in [4.69, 9.17) is 10.5 Å². The summed E-state index contributed by atoms with van der Waals surface area (Å²) >= 11 is 0. The molecule has 2 aromatic carbocycles. The van der Waals surface area contributed by atoms with Crippen LogP contribution >= 0.6 is 0 Å². The summed E-state index contributed by atoms with van der Waals surface area (Å²) in [6.45, 7) is 4.46. The van der Waals surface area contributed by atoms with E-state index in [0.29, 0.717) is 6.61 Å². The lowest BCUT2D eigenvalue weighted by atomic mass is 10.1. The van der Waals surface area contributed by atoms with Crippen LogP contribution in [0.3, 0.4) is 0 Å². The third kappa shape index (κ3) is 3.48. The van der Waals surface area contributed by atoms with Crippen LogP contribution in [0.4, 0.5) is 0 Å². The average molecular weight is 257 g/mol. The Morgan fingerprint density at radius 1 is 1.16 bits per heavy atom. The van der Waals surface area contributed by atoms with Gasteiger partial charge in [-0.1, -0.05) is 24.3 Å². The minimum absolute atomic E-state index is 0.0323. The molecule has 0 saturated carbocycles. The minimum atomic E-state index is 0.0323. The first kappa shape index (κ1) is 13.4. The molecule has 0 bridgehead atoms. The van der Waals surface area contributed by atoms with E-state index in [-0.39, 0.29) is 11.8 Å². The Morgan fingerprint density at radius 2 is 1.84 bits per heavy atom. The molecule has 0 radical (unpaired) electrons. The fourth-order valence-electron chi connectivity index (χ4n) is 1.87. The number of ether oxygens (including phenoxy) is 1. The number of aromatic hydroxyl groups is 1. The lowest BCUT2D eigenvalue weighted by Gasteiger charge is -2.12. The number of hydrogen-bond acceptors (Lipinski definition) is 3. The smallest absolute Gasteiger partial charge is 0.122 e. The molecule has 19 heavy (non-hydrogen) atoms. The topological polar surface area (TPSA) is 55.5 Å². The van der Waals surface area contributed by atoms with Crippen LogP contribution in [0.5, 0.6) is 11.5 Å². The molecule has 1 atom stereocenters. The SMILES string of the molecule is Cc1cc(C(C)N)ccc1OCc1ccc(O)cc1. The predicted molar refractivity (Wildman–Crippen MR) is 76.2 cm³/mol. The van der Waals surface area contributed by atoms with Crippen molar-refractivity contribution in [2.24, 2.45) is 5.73 Å². The molecule has 2 rings (SSSR count). The summed E-state index contributed by atoms with van der Waals surface area (Å²) < 4.78 is 5.77. The summed E-state index contributed by atoms with van der Waals surface area (Å²) in [4.78, 5) is 0. The number of hydrogen-bond donors (Lipinski definition) is 2. The normalized spacial score (nSPS) is 12.2. The molecule has 0 heterocycles. The largest absolute Gasteiger partial charge is 0.508 e. The Balaban J connectivity index is 2.05. The van der Waals surface area contributed by atoms with E-state index in [1.165, 1.54) is 0 Å². The molecule has 0 aliphatic heterocycles. The van der Waals surface area contributed by atoms with Crippen molar-refractivity contribution in [2.75, 3.05) is 0 Å². The van der Waals surface area contributed by atoms with Gasteiger partial charge in [0.15, 0.2) is 0 Å². The van der Waals surface area contributed by atoms with Crippen LogP contribution < -0.4 is 10.5 Å². The van der Waals surface area contributed by atoms with Crippen LogP contribution in [0.25, 0.3) is 0 Å². The minimum Gasteiger partial charge on any atom is -0.508 e. The molecule has 0 aromatic heterocycles. The molecule has 2 aromatic rings. The Hall–Kier alpha value is -2.00. The van der Waals surface area contributed by atoms with Gasteiger partial charge in [0.1, 0.15) is 18.1 Å². The molecule has 3 heteroatoms. The highest BCUT2D eigenvalue weighted by atomic mass is 16.5. The van der Waals surface area contributed by atoms with Crippen molar-refractivity contribution in [3.8, 4) is 11.5 Å². The summed E-state index contributed by atoms with van der Waals surface area (Å²) in [6, 6.07) is 13.0. The highest BCUT2D eigenvalue weighted by Crippen LogP contribution is 2.23. The van der Waals surface area contributed by atoms with E-state index < -0.39 is 0 Å². The number of nitrogens with two attached hydrogens (primary N) is 1. The van der Waals surface area contributed by atoms with Crippen LogP contribution in [0, 0.1) is 6.92 Å². The van der Waals surface area contributed by atoms with Crippen LogP contribution in [0.1, 0.15) is 29.7 Å². The molecule has 0 spiro atoms. The highest BCUT2D eigenvalue weighted by Gasteiger charge is 2.04. The number of phenolic OH excluding ortho intramolecular Hbond substituents is 1. The van der Waals surface area contributed by atoms with Gasteiger partial charge in [0.25, 0.3) is 0 Å². The summed E-state index contributed by atoms with van der Waals surface area (Å²) in [5.74, 6) is 1.12. The first-order valence-corrected chi connectivity index (χ1v) is 6.33. The van der Waals surface area contributed by atoms with E-state index in [1.807, 2.05) is 38.1 Å². The van der Waals surface area contributed by atoms with E-state index in [0.717, 1.165) is 22.4 Å². The fourth-order valence-corrected chi connectivity index (χ4v) is 1.87. The Bertz CT molecular complexity index is 547. The third-order valence-electron chi connectivity index (χ3n) is 3.06. The summed E-state index contributed by atoms with van der Waals surface area (Å²) in [6.07, 6.45) is 0. The zero-order valence-electron chi connectivity index (χ0n) is 11.3. The second-order valence-electron chi connectivity index (χ2n) is 4.77. The molecular formula is C16H19NO2. The number of rotatable bonds is 4. The van der Waals surface area contributed by atoms with Gasteiger partial charge in [-0.3, -0.25) is 0 Å². The van der Waals surface area contributed by atoms with Gasteiger partial charge in [0.05, 0.1) is 0 Å². The van der Waals surface area contributed by atoms with Crippen LogP contribution in [-0.2, 0) is 6.61 Å².